The van der Waals surface area contributed by atoms with Crippen molar-refractivity contribution in [2.75, 3.05) is 5.32 Å². The highest BCUT2D eigenvalue weighted by molar-refractivity contribution is 7.16. The molecule has 1 heterocycles. The van der Waals surface area contributed by atoms with E-state index < -0.39 is 10.8 Å². The number of nitrogens with zero attached hydrogens (tertiary/aromatic N) is 2. The Kier molecular flexibility index (Phi) is 4.77. The van der Waals surface area contributed by atoms with Gasteiger partial charge in [-0.15, -0.1) is 11.3 Å². The van der Waals surface area contributed by atoms with Crippen LogP contribution in [-0.2, 0) is 0 Å². The topological polar surface area (TPSA) is 85.1 Å². The molecule has 0 saturated heterocycles. The van der Waals surface area contributed by atoms with Gasteiger partial charge in [0.05, 0.1) is 10.6 Å². The number of thiazole rings is 1. The van der Waals surface area contributed by atoms with Gasteiger partial charge in [0.2, 0.25) is 0 Å². The number of carbonyl (C=O) groups excluding carboxylic acids is 1. The number of para-hydroxylation sites is 1. The van der Waals surface area contributed by atoms with Crippen molar-refractivity contribution in [1.29, 1.82) is 0 Å². The van der Waals surface area contributed by atoms with Crippen LogP contribution in [0.4, 0.5) is 15.2 Å². The Hall–Kier alpha value is -3.13. The zero-order valence-corrected chi connectivity index (χ0v) is 14.8. The quantitative estimate of drug-likeness (QED) is 0.531. The van der Waals surface area contributed by atoms with Crippen molar-refractivity contribution in [3.63, 3.8) is 0 Å². The van der Waals surface area contributed by atoms with Crippen LogP contribution in [0.25, 0.3) is 11.3 Å². The molecule has 0 unspecified atom stereocenters. The number of carbonyl (C=O) groups is 1. The monoisotopic (exact) mass is 371 g/mol. The Balaban J connectivity index is 1.90. The van der Waals surface area contributed by atoms with Gasteiger partial charge in [-0.2, -0.15) is 0 Å². The number of nitro benzene ring substituents is 1. The van der Waals surface area contributed by atoms with E-state index in [4.69, 9.17) is 0 Å². The molecule has 0 saturated carbocycles. The number of hydrogen-bond acceptors (Lipinski definition) is 5. The molecule has 26 heavy (non-hydrogen) atoms. The van der Waals surface area contributed by atoms with Crippen LogP contribution in [0.1, 0.15) is 20.8 Å². The van der Waals surface area contributed by atoms with Gasteiger partial charge in [0.25, 0.3) is 11.6 Å². The molecule has 3 rings (SSSR count). The summed E-state index contributed by atoms with van der Waals surface area (Å²) in [6.07, 6.45) is 0. The average molecular weight is 371 g/mol. The lowest BCUT2D eigenvalue weighted by Gasteiger charge is -2.05. The van der Waals surface area contributed by atoms with Crippen molar-refractivity contribution >= 4 is 28.1 Å². The number of aromatic nitrogens is 1. The Morgan fingerprint density at radius 1 is 1.19 bits per heavy atom. The highest BCUT2D eigenvalue weighted by Gasteiger charge is 2.23. The average Bonchev–Trinajstić information content (AvgIpc) is 2.95. The van der Waals surface area contributed by atoms with Crippen molar-refractivity contribution in [3.05, 3.63) is 74.4 Å². The van der Waals surface area contributed by atoms with Crippen LogP contribution in [0.3, 0.4) is 0 Å². The second kappa shape index (κ2) is 7.01. The van der Waals surface area contributed by atoms with E-state index in [2.05, 4.69) is 10.3 Å². The SMILES string of the molecule is Cc1cccc(C(=O)Nc2nc(-c3ccc(F)cc3)c(C)s2)c1[N+](=O)[O-]. The predicted molar refractivity (Wildman–Crippen MR) is 98.0 cm³/mol. The van der Waals surface area contributed by atoms with Gasteiger partial charge >= 0.3 is 0 Å². The van der Waals surface area contributed by atoms with Crippen molar-refractivity contribution in [3.8, 4) is 11.3 Å². The van der Waals surface area contributed by atoms with E-state index in [9.17, 15) is 19.3 Å². The zero-order chi connectivity index (χ0) is 18.8. The smallest absolute Gasteiger partial charge is 0.285 e. The maximum Gasteiger partial charge on any atom is 0.285 e. The molecular formula is C18H14FN3O3S. The number of hydrogen-bond donors (Lipinski definition) is 1. The second-order valence-electron chi connectivity index (χ2n) is 5.61. The van der Waals surface area contributed by atoms with Gasteiger partial charge < -0.3 is 0 Å². The van der Waals surface area contributed by atoms with E-state index in [1.54, 1.807) is 31.2 Å². The van der Waals surface area contributed by atoms with Crippen LogP contribution < -0.4 is 5.32 Å². The molecule has 0 aliphatic carbocycles. The molecular weight excluding hydrogens is 357 g/mol. The number of nitro groups is 1. The van der Waals surface area contributed by atoms with E-state index in [1.807, 2.05) is 6.92 Å². The molecule has 0 aliphatic heterocycles. The minimum atomic E-state index is -0.597. The van der Waals surface area contributed by atoms with Gasteiger partial charge in [0, 0.05) is 16.0 Å². The fraction of sp³-hybridized carbons (Fsp3) is 0.111. The molecule has 0 aliphatic rings. The standard InChI is InChI=1S/C18H14FN3O3S/c1-10-4-3-5-14(16(10)22(24)25)17(23)21-18-20-15(11(2)26-18)12-6-8-13(19)9-7-12/h3-9H,1-2H3,(H,20,21,23). The fourth-order valence-corrected chi connectivity index (χ4v) is 3.41. The lowest BCUT2D eigenvalue weighted by molar-refractivity contribution is -0.385. The van der Waals surface area contributed by atoms with E-state index in [-0.39, 0.29) is 17.1 Å². The molecule has 0 fully saturated rings. The third-order valence-electron chi connectivity index (χ3n) is 3.80. The van der Waals surface area contributed by atoms with E-state index in [0.717, 1.165) is 10.4 Å². The maximum absolute atomic E-state index is 13.1. The molecule has 8 heteroatoms. The predicted octanol–water partition coefficient (Wildman–Crippen LogP) is 4.73. The first kappa shape index (κ1) is 17.7. The summed E-state index contributed by atoms with van der Waals surface area (Å²) in [6.45, 7) is 3.41. The Bertz CT molecular complexity index is 999. The highest BCUT2D eigenvalue weighted by Crippen LogP contribution is 2.31. The second-order valence-corrected chi connectivity index (χ2v) is 6.82. The molecule has 2 aromatic carbocycles. The van der Waals surface area contributed by atoms with Crippen molar-refractivity contribution in [2.24, 2.45) is 0 Å². The van der Waals surface area contributed by atoms with Crippen LogP contribution >= 0.6 is 11.3 Å². The van der Waals surface area contributed by atoms with Crippen LogP contribution in [-0.4, -0.2) is 15.8 Å². The summed E-state index contributed by atoms with van der Waals surface area (Å²) in [5.41, 5.74) is 1.51. The summed E-state index contributed by atoms with van der Waals surface area (Å²) in [6, 6.07) is 10.5. The summed E-state index contributed by atoms with van der Waals surface area (Å²) in [7, 11) is 0. The molecule has 1 amide bonds. The number of halogens is 1. The molecule has 0 bridgehead atoms. The zero-order valence-electron chi connectivity index (χ0n) is 13.9. The summed E-state index contributed by atoms with van der Waals surface area (Å²) in [5, 5.41) is 14.2. The molecule has 1 aromatic heterocycles. The summed E-state index contributed by atoms with van der Waals surface area (Å²) in [5.74, 6) is -0.943. The highest BCUT2D eigenvalue weighted by atomic mass is 32.1. The van der Waals surface area contributed by atoms with E-state index in [1.165, 1.54) is 29.5 Å². The van der Waals surface area contributed by atoms with Crippen LogP contribution in [0.15, 0.2) is 42.5 Å². The number of aryl methyl sites for hydroxylation is 2. The fourth-order valence-electron chi connectivity index (χ4n) is 2.57. The van der Waals surface area contributed by atoms with Gasteiger partial charge in [-0.1, -0.05) is 12.1 Å². The van der Waals surface area contributed by atoms with Crippen molar-refractivity contribution in [1.82, 2.24) is 4.98 Å². The normalized spacial score (nSPS) is 10.6. The Morgan fingerprint density at radius 2 is 1.88 bits per heavy atom. The number of amides is 1. The molecule has 0 radical (unpaired) electrons. The van der Waals surface area contributed by atoms with Crippen molar-refractivity contribution < 1.29 is 14.1 Å². The summed E-state index contributed by atoms with van der Waals surface area (Å²) >= 11 is 1.25. The van der Waals surface area contributed by atoms with Crippen molar-refractivity contribution in [2.45, 2.75) is 13.8 Å². The largest absolute Gasteiger partial charge is 0.298 e. The minimum absolute atomic E-state index is 0.0221. The molecule has 0 spiro atoms. The van der Waals surface area contributed by atoms with E-state index >= 15 is 0 Å². The molecule has 6 nitrogen and oxygen atoms in total. The molecule has 1 N–H and O–H groups in total. The first-order valence-corrected chi connectivity index (χ1v) is 8.47. The Morgan fingerprint density at radius 3 is 2.54 bits per heavy atom. The first-order valence-electron chi connectivity index (χ1n) is 7.65. The number of benzene rings is 2. The molecule has 132 valence electrons. The van der Waals surface area contributed by atoms with Gasteiger partial charge in [-0.3, -0.25) is 20.2 Å². The number of rotatable bonds is 4. The third kappa shape index (κ3) is 3.45. The first-order chi connectivity index (χ1) is 12.4. The van der Waals surface area contributed by atoms with Gasteiger partial charge in [0.15, 0.2) is 5.13 Å². The minimum Gasteiger partial charge on any atom is -0.298 e. The van der Waals surface area contributed by atoms with E-state index in [0.29, 0.717) is 16.4 Å². The van der Waals surface area contributed by atoms with Gasteiger partial charge in [0.1, 0.15) is 11.4 Å². The van der Waals surface area contributed by atoms with Crippen LogP contribution in [0.5, 0.6) is 0 Å². The lowest BCUT2D eigenvalue weighted by atomic mass is 10.1. The van der Waals surface area contributed by atoms with Crippen LogP contribution in [0, 0.1) is 29.8 Å². The Labute approximate surface area is 152 Å². The lowest BCUT2D eigenvalue weighted by Crippen LogP contribution is -2.14. The van der Waals surface area contributed by atoms with Crippen LogP contribution in [0.2, 0.25) is 0 Å². The van der Waals surface area contributed by atoms with Gasteiger partial charge in [-0.05, 0) is 44.2 Å². The molecule has 3 aromatic rings. The summed E-state index contributed by atoms with van der Waals surface area (Å²) in [4.78, 5) is 28.4. The number of anilines is 1. The summed E-state index contributed by atoms with van der Waals surface area (Å²) < 4.78 is 13.1. The molecule has 0 atom stereocenters. The third-order valence-corrected chi connectivity index (χ3v) is 4.69. The maximum atomic E-state index is 13.1. The van der Waals surface area contributed by atoms with Gasteiger partial charge in [-0.25, -0.2) is 9.37 Å². The number of nitrogens with one attached hydrogen (secondary N) is 1.